The monoisotopic (exact) mass is 485 g/mol. The Bertz CT molecular complexity index is 1140. The number of sulfonamides is 2. The number of benzene rings is 2. The van der Waals surface area contributed by atoms with Gasteiger partial charge in [-0.3, -0.25) is 4.79 Å². The quantitative estimate of drug-likeness (QED) is 0.621. The van der Waals surface area contributed by atoms with Crippen LogP contribution in [0.5, 0.6) is 0 Å². The van der Waals surface area contributed by atoms with E-state index in [1.165, 1.54) is 40.5 Å². The smallest absolute Gasteiger partial charge is 0.243 e. The first-order valence-corrected chi connectivity index (χ1v) is 12.8. The van der Waals surface area contributed by atoms with Crippen molar-refractivity contribution in [3.05, 3.63) is 59.1 Å². The van der Waals surface area contributed by atoms with Crippen LogP contribution in [0.2, 0.25) is 5.02 Å². The van der Waals surface area contributed by atoms with Crippen molar-refractivity contribution in [1.29, 1.82) is 0 Å². The minimum Gasteiger partial charge on any atom is -0.339 e. The summed E-state index contributed by atoms with van der Waals surface area (Å²) in [5.74, 6) is -0.382. The lowest BCUT2D eigenvalue weighted by Crippen LogP contribution is -2.52. The van der Waals surface area contributed by atoms with Gasteiger partial charge in [-0.2, -0.15) is 8.61 Å². The number of rotatable bonds is 6. The highest BCUT2D eigenvalue weighted by Gasteiger charge is 2.31. The highest BCUT2D eigenvalue weighted by atomic mass is 35.5. The van der Waals surface area contributed by atoms with Crippen molar-refractivity contribution >= 4 is 37.6 Å². The maximum Gasteiger partial charge on any atom is 0.243 e. The standard InChI is InChI=1S/C20H24ClN3O5S2/c1-16-3-7-19(8-4-16)31(28,29)24-13-11-23(12-14-24)20(25)15-22(2)30(26,27)18-9-5-17(21)6-10-18/h3-10H,11-15H2,1-2H3. The van der Waals surface area contributed by atoms with Gasteiger partial charge in [-0.15, -0.1) is 0 Å². The van der Waals surface area contributed by atoms with Gasteiger partial charge >= 0.3 is 0 Å². The molecule has 0 radical (unpaired) electrons. The average molecular weight is 486 g/mol. The lowest BCUT2D eigenvalue weighted by atomic mass is 10.2. The molecule has 1 saturated heterocycles. The Kier molecular flexibility index (Phi) is 7.07. The molecule has 1 heterocycles. The molecule has 1 aliphatic rings. The minimum absolute atomic E-state index is 0.0428. The van der Waals surface area contributed by atoms with Crippen LogP contribution in [0.4, 0.5) is 0 Å². The Morgan fingerprint density at radius 1 is 0.903 bits per heavy atom. The van der Waals surface area contributed by atoms with Crippen molar-refractivity contribution in [1.82, 2.24) is 13.5 Å². The van der Waals surface area contributed by atoms with Crippen LogP contribution in [0.25, 0.3) is 0 Å². The van der Waals surface area contributed by atoms with Crippen LogP contribution in [0.3, 0.4) is 0 Å². The molecule has 31 heavy (non-hydrogen) atoms. The molecule has 0 saturated carbocycles. The summed E-state index contributed by atoms with van der Waals surface area (Å²) >= 11 is 5.80. The number of nitrogens with zero attached hydrogens (tertiary/aromatic N) is 3. The lowest BCUT2D eigenvalue weighted by Gasteiger charge is -2.34. The third-order valence-electron chi connectivity index (χ3n) is 5.13. The Balaban J connectivity index is 1.61. The van der Waals surface area contributed by atoms with Gasteiger partial charge in [0.15, 0.2) is 0 Å². The van der Waals surface area contributed by atoms with Gasteiger partial charge < -0.3 is 4.90 Å². The van der Waals surface area contributed by atoms with Crippen LogP contribution in [-0.2, 0) is 24.8 Å². The van der Waals surface area contributed by atoms with Crippen LogP contribution >= 0.6 is 11.6 Å². The molecule has 0 unspecified atom stereocenters. The van der Waals surface area contributed by atoms with Gasteiger partial charge in [0.05, 0.1) is 16.3 Å². The van der Waals surface area contributed by atoms with Gasteiger partial charge in [0, 0.05) is 38.2 Å². The number of aryl methyl sites for hydroxylation is 1. The number of carbonyl (C=O) groups is 1. The number of carbonyl (C=O) groups excluding carboxylic acids is 1. The van der Waals surface area contributed by atoms with E-state index in [9.17, 15) is 21.6 Å². The molecule has 1 aliphatic heterocycles. The summed E-state index contributed by atoms with van der Waals surface area (Å²) in [6.07, 6.45) is 0. The Morgan fingerprint density at radius 3 is 1.97 bits per heavy atom. The second-order valence-corrected chi connectivity index (χ2v) is 11.7. The molecule has 2 aromatic rings. The van der Waals surface area contributed by atoms with Crippen molar-refractivity contribution in [2.45, 2.75) is 16.7 Å². The van der Waals surface area contributed by atoms with E-state index in [-0.39, 0.29) is 48.4 Å². The van der Waals surface area contributed by atoms with Crippen LogP contribution in [-0.4, -0.2) is 76.0 Å². The van der Waals surface area contributed by atoms with Crippen LogP contribution in [0, 0.1) is 6.92 Å². The topological polar surface area (TPSA) is 95.1 Å². The number of likely N-dealkylation sites (N-methyl/N-ethyl adjacent to an activating group) is 1. The van der Waals surface area contributed by atoms with Crippen molar-refractivity contribution in [2.24, 2.45) is 0 Å². The number of hydrogen-bond donors (Lipinski definition) is 0. The first-order valence-electron chi connectivity index (χ1n) is 9.58. The molecule has 0 atom stereocenters. The highest BCUT2D eigenvalue weighted by Crippen LogP contribution is 2.20. The van der Waals surface area contributed by atoms with E-state index in [0.717, 1.165) is 9.87 Å². The van der Waals surface area contributed by atoms with Crippen molar-refractivity contribution in [3.63, 3.8) is 0 Å². The fourth-order valence-electron chi connectivity index (χ4n) is 3.20. The largest absolute Gasteiger partial charge is 0.339 e. The summed E-state index contributed by atoms with van der Waals surface area (Å²) in [6, 6.07) is 12.3. The number of amides is 1. The molecule has 0 spiro atoms. The van der Waals surface area contributed by atoms with Crippen molar-refractivity contribution in [2.75, 3.05) is 39.8 Å². The van der Waals surface area contributed by atoms with E-state index in [0.29, 0.717) is 5.02 Å². The SMILES string of the molecule is Cc1ccc(S(=O)(=O)N2CCN(C(=O)CN(C)S(=O)(=O)c3ccc(Cl)cc3)CC2)cc1. The first-order chi connectivity index (χ1) is 14.5. The first kappa shape index (κ1) is 23.7. The third kappa shape index (κ3) is 5.27. The molecule has 2 aromatic carbocycles. The van der Waals surface area contributed by atoms with Crippen molar-refractivity contribution in [3.8, 4) is 0 Å². The Morgan fingerprint density at radius 2 is 1.42 bits per heavy atom. The average Bonchev–Trinajstić information content (AvgIpc) is 2.74. The molecule has 0 aromatic heterocycles. The normalized spacial score (nSPS) is 15.9. The maximum absolute atomic E-state index is 12.8. The fourth-order valence-corrected chi connectivity index (χ4v) is 5.87. The molecule has 1 amide bonds. The second kappa shape index (κ2) is 9.25. The summed E-state index contributed by atoms with van der Waals surface area (Å²) in [7, 11) is -6.14. The fraction of sp³-hybridized carbons (Fsp3) is 0.350. The maximum atomic E-state index is 12.8. The van der Waals surface area contributed by atoms with E-state index >= 15 is 0 Å². The Labute approximate surface area is 188 Å². The molecule has 0 aliphatic carbocycles. The van der Waals surface area contributed by atoms with Gasteiger partial charge in [-0.1, -0.05) is 29.3 Å². The molecule has 3 rings (SSSR count). The van der Waals surface area contributed by atoms with E-state index in [2.05, 4.69) is 0 Å². The molecule has 1 fully saturated rings. The van der Waals surface area contributed by atoms with Gasteiger partial charge in [0.25, 0.3) is 0 Å². The summed E-state index contributed by atoms with van der Waals surface area (Å²) in [6.45, 7) is 2.23. The highest BCUT2D eigenvalue weighted by molar-refractivity contribution is 7.89. The summed E-state index contributed by atoms with van der Waals surface area (Å²) in [4.78, 5) is 14.4. The van der Waals surface area contributed by atoms with Gasteiger partial charge in [-0.25, -0.2) is 16.8 Å². The van der Waals surface area contributed by atoms with Crippen LogP contribution in [0.15, 0.2) is 58.3 Å². The molecule has 11 heteroatoms. The van der Waals surface area contributed by atoms with E-state index < -0.39 is 20.0 Å². The minimum atomic E-state index is -3.84. The number of piperazine rings is 1. The van der Waals surface area contributed by atoms with Gasteiger partial charge in [-0.05, 0) is 43.3 Å². The summed E-state index contributed by atoms with van der Waals surface area (Å²) in [5.41, 5.74) is 0.965. The predicted octanol–water partition coefficient (Wildman–Crippen LogP) is 1.80. The van der Waals surface area contributed by atoms with Gasteiger partial charge in [0.1, 0.15) is 0 Å². The molecule has 8 nitrogen and oxygen atoms in total. The molecule has 168 valence electrons. The van der Waals surface area contributed by atoms with Crippen molar-refractivity contribution < 1.29 is 21.6 Å². The summed E-state index contributed by atoms with van der Waals surface area (Å²) in [5, 5.41) is 0.413. The zero-order valence-electron chi connectivity index (χ0n) is 17.2. The van der Waals surface area contributed by atoms with E-state index in [4.69, 9.17) is 11.6 Å². The predicted molar refractivity (Wildman–Crippen MR) is 118 cm³/mol. The second-order valence-electron chi connectivity index (χ2n) is 7.31. The summed E-state index contributed by atoms with van der Waals surface area (Å²) < 4.78 is 53.2. The van der Waals surface area contributed by atoms with Gasteiger partial charge in [0.2, 0.25) is 26.0 Å². The van der Waals surface area contributed by atoms with E-state index in [1.807, 2.05) is 6.92 Å². The Hall–Kier alpha value is -1.98. The zero-order chi connectivity index (χ0) is 22.8. The molecular weight excluding hydrogens is 462 g/mol. The molecular formula is C20H24ClN3O5S2. The van der Waals surface area contributed by atoms with E-state index in [1.54, 1.807) is 24.3 Å². The lowest BCUT2D eigenvalue weighted by molar-refractivity contribution is -0.132. The van der Waals surface area contributed by atoms with Crippen LogP contribution in [0.1, 0.15) is 5.56 Å². The van der Waals surface area contributed by atoms with Crippen LogP contribution < -0.4 is 0 Å². The third-order valence-corrected chi connectivity index (χ3v) is 9.11. The number of hydrogen-bond acceptors (Lipinski definition) is 5. The number of halogens is 1. The zero-order valence-corrected chi connectivity index (χ0v) is 19.6. The molecule has 0 bridgehead atoms. The molecule has 0 N–H and O–H groups in total.